The lowest BCUT2D eigenvalue weighted by molar-refractivity contribution is -0.140. The Bertz CT molecular complexity index is 1490. The van der Waals surface area contributed by atoms with E-state index in [4.69, 9.17) is 9.26 Å². The van der Waals surface area contributed by atoms with Crippen LogP contribution in [0.4, 0.5) is 10.5 Å². The highest BCUT2D eigenvalue weighted by Crippen LogP contribution is 2.49. The summed E-state index contributed by atoms with van der Waals surface area (Å²) in [6, 6.07) is 17.2. The van der Waals surface area contributed by atoms with Crippen molar-refractivity contribution in [2.75, 3.05) is 5.32 Å². The zero-order chi connectivity index (χ0) is 24.6. The summed E-state index contributed by atoms with van der Waals surface area (Å²) in [5, 5.41) is 17.2. The first-order valence-electron chi connectivity index (χ1n) is 11.1. The second kappa shape index (κ2) is 8.93. The molecule has 1 amide bonds. The first-order valence-corrected chi connectivity index (χ1v) is 12.0. The van der Waals surface area contributed by atoms with E-state index in [1.807, 2.05) is 54.6 Å². The van der Waals surface area contributed by atoms with E-state index >= 15 is 0 Å². The Kier molecular flexibility index (Phi) is 5.79. The molecule has 7 nitrogen and oxygen atoms in total. The predicted octanol–water partition coefficient (Wildman–Crippen LogP) is 6.02. The predicted molar refractivity (Wildman–Crippen MR) is 133 cm³/mol. The van der Waals surface area contributed by atoms with Crippen molar-refractivity contribution in [3.05, 3.63) is 82.1 Å². The van der Waals surface area contributed by atoms with Crippen LogP contribution in [0.3, 0.4) is 0 Å². The van der Waals surface area contributed by atoms with Gasteiger partial charge in [-0.05, 0) is 67.2 Å². The van der Waals surface area contributed by atoms with Gasteiger partial charge in [0.1, 0.15) is 17.5 Å². The molecule has 1 fully saturated rings. The zero-order valence-electron chi connectivity index (χ0n) is 19.1. The zero-order valence-corrected chi connectivity index (χ0v) is 19.9. The molecule has 0 saturated heterocycles. The monoisotopic (exact) mass is 486 g/mol. The van der Waals surface area contributed by atoms with E-state index < -0.39 is 23.6 Å². The molecule has 1 unspecified atom stereocenters. The van der Waals surface area contributed by atoms with Gasteiger partial charge in [-0.25, -0.2) is 4.79 Å². The molecule has 2 aromatic carbocycles. The van der Waals surface area contributed by atoms with Crippen LogP contribution >= 0.6 is 11.3 Å². The first kappa shape index (κ1) is 22.7. The standard InChI is InChI=1S/C27H22N2O5S/c1-16-24(28-26(32)33-17(2)18-6-4-3-5-7-18)22(34-29-16)11-10-21-14-19-8-9-20(15-23(19)35-21)27(12-13-27)25(30)31/h3-9,14-15,17H,12-13H2,1-2H3,(H,28,32)(H,30,31). The maximum absolute atomic E-state index is 12.5. The number of nitrogens with zero attached hydrogens (tertiary/aromatic N) is 1. The number of hydrogen-bond acceptors (Lipinski definition) is 6. The Hall–Kier alpha value is -4.09. The number of hydrogen-bond donors (Lipinski definition) is 2. The van der Waals surface area contributed by atoms with Gasteiger partial charge in [-0.1, -0.05) is 47.6 Å². The minimum Gasteiger partial charge on any atom is -0.481 e. The summed E-state index contributed by atoms with van der Waals surface area (Å²) >= 11 is 1.48. The number of carboxylic acid groups (broad SMARTS) is 1. The molecule has 4 aromatic rings. The van der Waals surface area contributed by atoms with Crippen LogP contribution in [0.15, 0.2) is 59.1 Å². The van der Waals surface area contributed by atoms with Crippen molar-refractivity contribution >= 4 is 39.2 Å². The molecule has 176 valence electrons. The fourth-order valence-electron chi connectivity index (χ4n) is 3.95. The maximum atomic E-state index is 12.5. The average Bonchev–Trinajstić information content (AvgIpc) is 3.47. The van der Waals surface area contributed by atoms with Gasteiger partial charge in [0.25, 0.3) is 0 Å². The molecule has 1 aliphatic carbocycles. The van der Waals surface area contributed by atoms with Gasteiger partial charge in [-0.2, -0.15) is 0 Å². The lowest BCUT2D eigenvalue weighted by Crippen LogP contribution is -2.19. The Morgan fingerprint density at radius 3 is 2.66 bits per heavy atom. The van der Waals surface area contributed by atoms with Crippen molar-refractivity contribution in [3.63, 3.8) is 0 Å². The van der Waals surface area contributed by atoms with E-state index in [9.17, 15) is 14.7 Å². The number of nitrogens with one attached hydrogen (secondary N) is 1. The third-order valence-corrected chi connectivity index (χ3v) is 7.19. The Balaban J connectivity index is 1.33. The molecular weight excluding hydrogens is 464 g/mol. The normalized spacial score (nSPS) is 14.6. The summed E-state index contributed by atoms with van der Waals surface area (Å²) in [4.78, 5) is 24.9. The van der Waals surface area contributed by atoms with Crippen molar-refractivity contribution in [2.24, 2.45) is 0 Å². The molecule has 5 rings (SSSR count). The van der Waals surface area contributed by atoms with Crippen LogP contribution in [0.2, 0.25) is 0 Å². The number of thiophene rings is 1. The van der Waals surface area contributed by atoms with Gasteiger partial charge in [-0.15, -0.1) is 11.3 Å². The number of benzene rings is 2. The number of ether oxygens (including phenoxy) is 1. The molecule has 2 aromatic heterocycles. The fraction of sp³-hybridized carbons (Fsp3) is 0.222. The number of rotatable bonds is 5. The third-order valence-electron chi connectivity index (χ3n) is 6.17. The number of carbonyl (C=O) groups excluding carboxylic acids is 1. The Morgan fingerprint density at radius 2 is 1.94 bits per heavy atom. The summed E-state index contributed by atoms with van der Waals surface area (Å²) in [5.41, 5.74) is 1.83. The van der Waals surface area contributed by atoms with Crippen LogP contribution in [-0.4, -0.2) is 22.3 Å². The van der Waals surface area contributed by atoms with E-state index in [2.05, 4.69) is 22.3 Å². The number of anilines is 1. The van der Waals surface area contributed by atoms with Crippen LogP contribution in [0.25, 0.3) is 10.1 Å². The van der Waals surface area contributed by atoms with Crippen molar-refractivity contribution in [3.8, 4) is 11.8 Å². The molecule has 0 aliphatic heterocycles. The molecule has 0 bridgehead atoms. The Labute approximate surface area is 205 Å². The summed E-state index contributed by atoms with van der Waals surface area (Å²) in [7, 11) is 0. The van der Waals surface area contributed by atoms with E-state index in [1.54, 1.807) is 13.8 Å². The van der Waals surface area contributed by atoms with Gasteiger partial charge in [0, 0.05) is 4.70 Å². The van der Waals surface area contributed by atoms with Crippen LogP contribution in [0.1, 0.15) is 53.3 Å². The lowest BCUT2D eigenvalue weighted by Gasteiger charge is -2.13. The molecular formula is C27H22N2O5S. The third kappa shape index (κ3) is 4.51. The van der Waals surface area contributed by atoms with Crippen molar-refractivity contribution in [1.82, 2.24) is 5.16 Å². The minimum atomic E-state index is -0.772. The number of fused-ring (bicyclic) bond motifs is 1. The molecule has 1 atom stereocenters. The number of amides is 1. The number of aryl methyl sites for hydroxylation is 1. The molecule has 2 N–H and O–H groups in total. The second-order valence-corrected chi connectivity index (χ2v) is 9.64. The molecule has 2 heterocycles. The number of carboxylic acids is 1. The highest BCUT2D eigenvalue weighted by atomic mass is 32.1. The topological polar surface area (TPSA) is 102 Å². The first-order chi connectivity index (χ1) is 16.9. The van der Waals surface area contributed by atoms with E-state index in [-0.39, 0.29) is 5.76 Å². The quantitative estimate of drug-likeness (QED) is 0.334. The fourth-order valence-corrected chi connectivity index (χ4v) is 4.90. The van der Waals surface area contributed by atoms with Crippen LogP contribution in [0.5, 0.6) is 0 Å². The largest absolute Gasteiger partial charge is 0.481 e. The van der Waals surface area contributed by atoms with E-state index in [0.29, 0.717) is 24.2 Å². The lowest BCUT2D eigenvalue weighted by atomic mass is 9.96. The number of carbonyl (C=O) groups is 2. The van der Waals surface area contributed by atoms with Gasteiger partial charge < -0.3 is 14.4 Å². The average molecular weight is 487 g/mol. The summed E-state index contributed by atoms with van der Waals surface area (Å²) in [6.45, 7) is 3.51. The van der Waals surface area contributed by atoms with Gasteiger partial charge in [0.15, 0.2) is 0 Å². The smallest absolute Gasteiger partial charge is 0.412 e. The van der Waals surface area contributed by atoms with Crippen molar-refractivity contribution < 1.29 is 24.0 Å². The molecule has 35 heavy (non-hydrogen) atoms. The summed E-state index contributed by atoms with van der Waals surface area (Å²) in [6.07, 6.45) is 0.278. The van der Waals surface area contributed by atoms with Crippen LogP contribution in [0, 0.1) is 18.8 Å². The van der Waals surface area contributed by atoms with Crippen LogP contribution < -0.4 is 5.32 Å². The van der Waals surface area contributed by atoms with E-state index in [0.717, 1.165) is 26.1 Å². The van der Waals surface area contributed by atoms with Gasteiger partial charge in [-0.3, -0.25) is 10.1 Å². The SMILES string of the molecule is Cc1noc(C#Cc2cc3ccc(C4(C(=O)O)CC4)cc3s2)c1NC(=O)OC(C)c1ccccc1. The molecule has 1 saturated carbocycles. The van der Waals surface area contributed by atoms with Crippen LogP contribution in [-0.2, 0) is 14.9 Å². The maximum Gasteiger partial charge on any atom is 0.412 e. The molecule has 1 aliphatic rings. The highest BCUT2D eigenvalue weighted by molar-refractivity contribution is 7.19. The summed E-state index contributed by atoms with van der Waals surface area (Å²) < 4.78 is 11.8. The Morgan fingerprint density at radius 1 is 1.17 bits per heavy atom. The van der Waals surface area contributed by atoms with E-state index in [1.165, 1.54) is 11.3 Å². The molecule has 0 spiro atoms. The summed E-state index contributed by atoms with van der Waals surface area (Å²) in [5.74, 6) is 5.47. The highest BCUT2D eigenvalue weighted by Gasteiger charge is 2.51. The molecule has 8 heteroatoms. The second-order valence-electron chi connectivity index (χ2n) is 8.56. The van der Waals surface area contributed by atoms with Gasteiger partial charge >= 0.3 is 12.1 Å². The van der Waals surface area contributed by atoms with Gasteiger partial charge in [0.2, 0.25) is 5.76 Å². The number of aromatic nitrogens is 1. The minimum absolute atomic E-state index is 0.229. The van der Waals surface area contributed by atoms with Crippen molar-refractivity contribution in [2.45, 2.75) is 38.2 Å². The number of aliphatic carboxylic acids is 1. The molecule has 0 radical (unpaired) electrons. The van der Waals surface area contributed by atoms with Crippen molar-refractivity contribution in [1.29, 1.82) is 0 Å². The van der Waals surface area contributed by atoms with Gasteiger partial charge in [0.05, 0.1) is 10.3 Å².